The maximum Gasteiger partial charge on any atom is 0.192 e. The lowest BCUT2D eigenvalue weighted by Gasteiger charge is -2.40. The average molecular weight is 339 g/mol. The minimum absolute atomic E-state index is 0.0523. The van der Waals surface area contributed by atoms with E-state index in [1.54, 1.807) is 13.2 Å². The summed E-state index contributed by atoms with van der Waals surface area (Å²) < 4.78 is 11.7. The molecule has 2 atom stereocenters. The Morgan fingerprint density at radius 3 is 2.48 bits per heavy atom. The van der Waals surface area contributed by atoms with Crippen molar-refractivity contribution >= 4 is 14.1 Å². The number of hydrogen-bond acceptors (Lipinski definition) is 3. The molecule has 0 fully saturated rings. The van der Waals surface area contributed by atoms with Crippen molar-refractivity contribution in [2.75, 3.05) is 7.11 Å². The van der Waals surface area contributed by atoms with Crippen molar-refractivity contribution in [1.29, 1.82) is 0 Å². The van der Waals surface area contributed by atoms with Crippen LogP contribution in [0.15, 0.2) is 24.0 Å². The third kappa shape index (κ3) is 5.61. The molecule has 0 bridgehead atoms. The summed E-state index contributed by atoms with van der Waals surface area (Å²) in [5.41, 5.74) is 1.06. The largest absolute Gasteiger partial charge is 0.501 e. The molecule has 1 aliphatic carbocycles. The molecule has 0 radical (unpaired) electrons. The molecule has 1 rings (SSSR count). The first-order valence-corrected chi connectivity index (χ1v) is 11.5. The first kappa shape index (κ1) is 20.2. The first-order valence-electron chi connectivity index (χ1n) is 8.59. The monoisotopic (exact) mass is 338 g/mol. The molecule has 4 heteroatoms. The van der Waals surface area contributed by atoms with E-state index >= 15 is 0 Å². The molecule has 0 amide bonds. The maximum absolute atomic E-state index is 12.2. The number of ketones is 1. The van der Waals surface area contributed by atoms with Gasteiger partial charge in [0.1, 0.15) is 0 Å². The van der Waals surface area contributed by atoms with Gasteiger partial charge in [-0.05, 0) is 44.3 Å². The second-order valence-electron chi connectivity index (χ2n) is 8.24. The van der Waals surface area contributed by atoms with E-state index in [0.717, 1.165) is 37.0 Å². The third-order valence-corrected chi connectivity index (χ3v) is 9.76. The molecule has 0 spiro atoms. The molecule has 0 N–H and O–H groups in total. The van der Waals surface area contributed by atoms with Gasteiger partial charge in [-0.25, -0.2) is 0 Å². The lowest BCUT2D eigenvalue weighted by Crippen LogP contribution is -2.44. The first-order chi connectivity index (χ1) is 10.5. The zero-order valence-corrected chi connectivity index (χ0v) is 17.0. The standard InChI is InChI=1S/C19H34O3Si/c1-14(2)18(22-23(7,8)19(3,4)5)12-10-15-9-11-16(21-6)13-17(15)20/h13,15,18H,1,9-12H2,2-8H3. The number of carbonyl (C=O) groups excluding carboxylic acids is 1. The number of carbonyl (C=O) groups is 1. The van der Waals surface area contributed by atoms with E-state index < -0.39 is 8.32 Å². The fourth-order valence-corrected chi connectivity index (χ4v) is 3.93. The summed E-state index contributed by atoms with van der Waals surface area (Å²) >= 11 is 0. The van der Waals surface area contributed by atoms with Crippen molar-refractivity contribution in [1.82, 2.24) is 0 Å². The van der Waals surface area contributed by atoms with Crippen LogP contribution < -0.4 is 0 Å². The molecule has 23 heavy (non-hydrogen) atoms. The molecule has 0 aliphatic heterocycles. The molecule has 2 unspecified atom stereocenters. The predicted molar refractivity (Wildman–Crippen MR) is 98.9 cm³/mol. The number of hydrogen-bond donors (Lipinski definition) is 0. The number of allylic oxidation sites excluding steroid dienone is 2. The SMILES string of the molecule is C=C(C)C(CCC1CCC(OC)=CC1=O)O[Si](C)(C)C(C)(C)C. The lowest BCUT2D eigenvalue weighted by atomic mass is 9.87. The summed E-state index contributed by atoms with van der Waals surface area (Å²) in [7, 11) is -0.200. The number of methoxy groups -OCH3 is 1. The van der Waals surface area contributed by atoms with Crippen LogP contribution in [0.2, 0.25) is 18.1 Å². The quantitative estimate of drug-likeness (QED) is 0.470. The predicted octanol–water partition coefficient (Wildman–Crippen LogP) is 5.24. The Labute approximate surface area is 143 Å². The highest BCUT2D eigenvalue weighted by atomic mass is 28.4. The third-order valence-electron chi connectivity index (χ3n) is 5.28. The molecule has 0 aromatic carbocycles. The van der Waals surface area contributed by atoms with E-state index in [1.165, 1.54) is 0 Å². The zero-order chi connectivity index (χ0) is 17.8. The van der Waals surface area contributed by atoms with Crippen molar-refractivity contribution < 1.29 is 14.0 Å². The Kier molecular flexibility index (Phi) is 6.84. The lowest BCUT2D eigenvalue weighted by molar-refractivity contribution is -0.119. The van der Waals surface area contributed by atoms with E-state index in [2.05, 4.69) is 40.4 Å². The van der Waals surface area contributed by atoms with Gasteiger partial charge in [-0.3, -0.25) is 4.79 Å². The van der Waals surface area contributed by atoms with Crippen molar-refractivity contribution in [3.05, 3.63) is 24.0 Å². The minimum Gasteiger partial charge on any atom is -0.501 e. The fraction of sp³-hybridized carbons (Fsp3) is 0.737. The summed E-state index contributed by atoms with van der Waals surface area (Å²) in [5, 5.41) is 0.178. The molecule has 1 aliphatic rings. The van der Waals surface area contributed by atoms with Crippen LogP contribution in [-0.4, -0.2) is 27.3 Å². The molecule has 132 valence electrons. The van der Waals surface area contributed by atoms with Gasteiger partial charge < -0.3 is 9.16 Å². The van der Waals surface area contributed by atoms with Crippen molar-refractivity contribution in [3.8, 4) is 0 Å². The van der Waals surface area contributed by atoms with Crippen LogP contribution in [0.5, 0.6) is 0 Å². The van der Waals surface area contributed by atoms with Gasteiger partial charge in [-0.15, -0.1) is 0 Å². The van der Waals surface area contributed by atoms with E-state index in [4.69, 9.17) is 9.16 Å². The van der Waals surface area contributed by atoms with Crippen LogP contribution in [0, 0.1) is 5.92 Å². The van der Waals surface area contributed by atoms with Gasteiger partial charge in [0.15, 0.2) is 14.1 Å². The molecule has 0 saturated carbocycles. The summed E-state index contributed by atoms with van der Waals surface area (Å²) in [6.07, 6.45) is 5.18. The van der Waals surface area contributed by atoms with Gasteiger partial charge in [-0.1, -0.05) is 32.9 Å². The Bertz CT molecular complexity index is 471. The molecule has 0 saturated heterocycles. The smallest absolute Gasteiger partial charge is 0.192 e. The average Bonchev–Trinajstić information content (AvgIpc) is 2.42. The highest BCUT2D eigenvalue weighted by Crippen LogP contribution is 2.39. The molecule has 0 aromatic rings. The second-order valence-corrected chi connectivity index (χ2v) is 13.0. The Balaban J connectivity index is 2.67. The summed E-state index contributed by atoms with van der Waals surface area (Å²) in [6, 6.07) is 0. The Morgan fingerprint density at radius 2 is 2.04 bits per heavy atom. The maximum atomic E-state index is 12.2. The second kappa shape index (κ2) is 7.80. The van der Waals surface area contributed by atoms with Crippen LogP contribution in [0.1, 0.15) is 53.4 Å². The van der Waals surface area contributed by atoms with E-state index in [-0.39, 0.29) is 22.8 Å². The summed E-state index contributed by atoms with van der Waals surface area (Å²) in [4.78, 5) is 12.2. The zero-order valence-electron chi connectivity index (χ0n) is 16.0. The fourth-order valence-electron chi connectivity index (χ4n) is 2.55. The van der Waals surface area contributed by atoms with Crippen molar-refractivity contribution in [2.24, 2.45) is 5.92 Å². The van der Waals surface area contributed by atoms with Gasteiger partial charge >= 0.3 is 0 Å². The van der Waals surface area contributed by atoms with E-state index in [9.17, 15) is 4.79 Å². The van der Waals surface area contributed by atoms with Crippen LogP contribution in [0.4, 0.5) is 0 Å². The molecular weight excluding hydrogens is 304 g/mol. The van der Waals surface area contributed by atoms with Crippen LogP contribution in [-0.2, 0) is 14.0 Å². The van der Waals surface area contributed by atoms with Crippen LogP contribution in [0.25, 0.3) is 0 Å². The Morgan fingerprint density at radius 1 is 1.43 bits per heavy atom. The van der Waals surface area contributed by atoms with Crippen molar-refractivity contribution in [3.63, 3.8) is 0 Å². The van der Waals surface area contributed by atoms with Gasteiger partial charge in [0, 0.05) is 18.4 Å². The van der Waals surface area contributed by atoms with E-state index in [1.807, 2.05) is 6.92 Å². The number of ether oxygens (including phenoxy) is 1. The molecule has 3 nitrogen and oxygen atoms in total. The summed E-state index contributed by atoms with van der Waals surface area (Å²) in [5.74, 6) is 1.10. The van der Waals surface area contributed by atoms with E-state index in [0.29, 0.717) is 0 Å². The normalized spacial score (nSPS) is 20.9. The number of rotatable bonds is 7. The Hall–Kier alpha value is -0.873. The van der Waals surface area contributed by atoms with Crippen LogP contribution in [0.3, 0.4) is 0 Å². The summed E-state index contributed by atoms with van der Waals surface area (Å²) in [6.45, 7) is 17.4. The minimum atomic E-state index is -1.83. The van der Waals surface area contributed by atoms with Gasteiger partial charge in [-0.2, -0.15) is 0 Å². The topological polar surface area (TPSA) is 35.5 Å². The molecular formula is C19H34O3Si. The van der Waals surface area contributed by atoms with Gasteiger partial charge in [0.05, 0.1) is 19.0 Å². The molecule has 0 heterocycles. The highest BCUT2D eigenvalue weighted by Gasteiger charge is 2.39. The van der Waals surface area contributed by atoms with Crippen LogP contribution >= 0.6 is 0 Å². The van der Waals surface area contributed by atoms with Crippen molar-refractivity contribution in [2.45, 2.75) is 77.6 Å². The highest BCUT2D eigenvalue weighted by molar-refractivity contribution is 6.74. The molecule has 0 aromatic heterocycles. The van der Waals surface area contributed by atoms with Gasteiger partial charge in [0.2, 0.25) is 0 Å². The van der Waals surface area contributed by atoms with Gasteiger partial charge in [0.25, 0.3) is 0 Å².